The first-order chi connectivity index (χ1) is 18.6. The molecular formula is C31H35N3O4. The number of para-hydroxylation sites is 3. The molecule has 0 saturated heterocycles. The number of unbranched alkanes of at least 4 members (excludes halogenated alkanes) is 1. The van der Waals surface area contributed by atoms with Gasteiger partial charge in [0.15, 0.2) is 11.5 Å². The van der Waals surface area contributed by atoms with E-state index in [9.17, 15) is 4.79 Å². The van der Waals surface area contributed by atoms with Crippen molar-refractivity contribution in [1.29, 1.82) is 0 Å². The number of aromatic nitrogens is 2. The molecule has 7 nitrogen and oxygen atoms in total. The number of carbonyl (C=O) groups is 1. The van der Waals surface area contributed by atoms with Crippen LogP contribution < -0.4 is 19.5 Å². The van der Waals surface area contributed by atoms with Crippen molar-refractivity contribution in [2.45, 2.75) is 32.2 Å². The predicted octanol–water partition coefficient (Wildman–Crippen LogP) is 5.61. The molecule has 0 spiro atoms. The highest BCUT2D eigenvalue weighted by Gasteiger charge is 2.13. The quantitative estimate of drug-likeness (QED) is 0.175. The summed E-state index contributed by atoms with van der Waals surface area (Å²) in [5.74, 6) is 2.82. The summed E-state index contributed by atoms with van der Waals surface area (Å²) in [7, 11) is 3.12. The number of amides is 1. The SMILES string of the molecule is C=CCc1ccccc1OCCCCn1c(CCNC(=O)c2ccc(OC)c(OC)c2)nc2ccccc21. The number of benzene rings is 3. The number of methoxy groups -OCH3 is 2. The van der Waals surface area contributed by atoms with E-state index in [1.165, 1.54) is 0 Å². The van der Waals surface area contributed by atoms with E-state index in [1.807, 2.05) is 42.5 Å². The van der Waals surface area contributed by atoms with Crippen LogP contribution in [0.2, 0.25) is 0 Å². The third kappa shape index (κ3) is 6.54. The van der Waals surface area contributed by atoms with E-state index >= 15 is 0 Å². The van der Waals surface area contributed by atoms with E-state index in [4.69, 9.17) is 19.2 Å². The van der Waals surface area contributed by atoms with Crippen LogP contribution in [0.25, 0.3) is 11.0 Å². The molecule has 38 heavy (non-hydrogen) atoms. The Morgan fingerprint density at radius 1 is 0.974 bits per heavy atom. The zero-order chi connectivity index (χ0) is 26.7. The van der Waals surface area contributed by atoms with Gasteiger partial charge in [-0.1, -0.05) is 36.4 Å². The second-order valence-electron chi connectivity index (χ2n) is 8.90. The Balaban J connectivity index is 1.34. The van der Waals surface area contributed by atoms with Crippen LogP contribution in [-0.4, -0.2) is 42.8 Å². The summed E-state index contributed by atoms with van der Waals surface area (Å²) in [4.78, 5) is 17.6. The van der Waals surface area contributed by atoms with Crippen molar-refractivity contribution in [3.05, 3.63) is 96.3 Å². The van der Waals surface area contributed by atoms with E-state index in [0.717, 1.165) is 54.0 Å². The molecule has 0 fully saturated rings. The second-order valence-corrected chi connectivity index (χ2v) is 8.90. The number of rotatable bonds is 14. The fraction of sp³-hybridized carbons (Fsp3) is 0.290. The van der Waals surface area contributed by atoms with E-state index in [-0.39, 0.29) is 5.91 Å². The minimum atomic E-state index is -0.164. The Hall–Kier alpha value is -4.26. The summed E-state index contributed by atoms with van der Waals surface area (Å²) in [6, 6.07) is 21.4. The number of imidazole rings is 1. The van der Waals surface area contributed by atoms with Gasteiger partial charge in [-0.3, -0.25) is 4.79 Å². The van der Waals surface area contributed by atoms with E-state index < -0.39 is 0 Å². The molecule has 7 heteroatoms. The Bertz CT molecular complexity index is 1380. The fourth-order valence-electron chi connectivity index (χ4n) is 4.46. The van der Waals surface area contributed by atoms with Crippen molar-refractivity contribution in [2.75, 3.05) is 27.4 Å². The molecule has 0 aliphatic heterocycles. The zero-order valence-electron chi connectivity index (χ0n) is 22.1. The van der Waals surface area contributed by atoms with Crippen molar-refractivity contribution in [1.82, 2.24) is 14.9 Å². The molecule has 0 aliphatic rings. The monoisotopic (exact) mass is 513 g/mol. The maximum atomic E-state index is 12.7. The van der Waals surface area contributed by atoms with Crippen LogP contribution in [0.15, 0.2) is 79.4 Å². The molecule has 0 radical (unpaired) electrons. The molecule has 3 aromatic carbocycles. The van der Waals surface area contributed by atoms with Gasteiger partial charge in [0.2, 0.25) is 0 Å². The van der Waals surface area contributed by atoms with E-state index in [2.05, 4.69) is 28.6 Å². The number of ether oxygens (including phenoxy) is 3. The number of aryl methyl sites for hydroxylation is 1. The van der Waals surface area contributed by atoms with Crippen LogP contribution in [0.4, 0.5) is 0 Å². The highest BCUT2D eigenvalue weighted by Crippen LogP contribution is 2.27. The van der Waals surface area contributed by atoms with Gasteiger partial charge in [0.05, 0.1) is 31.9 Å². The maximum Gasteiger partial charge on any atom is 0.251 e. The minimum absolute atomic E-state index is 0.164. The smallest absolute Gasteiger partial charge is 0.251 e. The van der Waals surface area contributed by atoms with Crippen molar-refractivity contribution in [3.8, 4) is 17.2 Å². The molecule has 0 aliphatic carbocycles. The highest BCUT2D eigenvalue weighted by atomic mass is 16.5. The van der Waals surface area contributed by atoms with Gasteiger partial charge in [-0.05, 0) is 61.2 Å². The topological polar surface area (TPSA) is 74.6 Å². The lowest BCUT2D eigenvalue weighted by Crippen LogP contribution is -2.26. The number of nitrogens with one attached hydrogen (secondary N) is 1. The Morgan fingerprint density at radius 2 is 1.76 bits per heavy atom. The van der Waals surface area contributed by atoms with Crippen LogP contribution in [0.5, 0.6) is 17.2 Å². The number of fused-ring (bicyclic) bond motifs is 1. The molecule has 1 N–H and O–H groups in total. The van der Waals surface area contributed by atoms with E-state index in [1.54, 1.807) is 32.4 Å². The molecule has 1 aromatic heterocycles. The van der Waals surface area contributed by atoms with Crippen molar-refractivity contribution in [2.24, 2.45) is 0 Å². The summed E-state index contributed by atoms with van der Waals surface area (Å²) < 4.78 is 18.9. The van der Waals surface area contributed by atoms with Gasteiger partial charge in [0, 0.05) is 25.1 Å². The summed E-state index contributed by atoms with van der Waals surface area (Å²) in [5, 5.41) is 3.00. The normalized spacial score (nSPS) is 10.8. The highest BCUT2D eigenvalue weighted by molar-refractivity contribution is 5.94. The third-order valence-corrected chi connectivity index (χ3v) is 6.38. The van der Waals surface area contributed by atoms with Gasteiger partial charge in [-0.25, -0.2) is 4.98 Å². The number of carbonyl (C=O) groups excluding carboxylic acids is 1. The number of hydrogen-bond acceptors (Lipinski definition) is 5. The molecule has 198 valence electrons. The van der Waals surface area contributed by atoms with Crippen LogP contribution >= 0.6 is 0 Å². The number of hydrogen-bond donors (Lipinski definition) is 1. The van der Waals surface area contributed by atoms with Crippen LogP contribution in [0.3, 0.4) is 0 Å². The lowest BCUT2D eigenvalue weighted by Gasteiger charge is -2.12. The van der Waals surface area contributed by atoms with Crippen molar-refractivity contribution < 1.29 is 19.0 Å². The molecule has 4 aromatic rings. The Morgan fingerprint density at radius 3 is 2.58 bits per heavy atom. The second kappa shape index (κ2) is 13.3. The predicted molar refractivity (Wildman–Crippen MR) is 150 cm³/mol. The van der Waals surface area contributed by atoms with Gasteiger partial charge >= 0.3 is 0 Å². The lowest BCUT2D eigenvalue weighted by atomic mass is 10.1. The largest absolute Gasteiger partial charge is 0.493 e. The van der Waals surface area contributed by atoms with Gasteiger partial charge in [-0.15, -0.1) is 6.58 Å². The summed E-state index contributed by atoms with van der Waals surface area (Å²) >= 11 is 0. The van der Waals surface area contributed by atoms with Gasteiger partial charge in [-0.2, -0.15) is 0 Å². The maximum absolute atomic E-state index is 12.7. The molecule has 0 saturated carbocycles. The number of nitrogens with zero attached hydrogens (tertiary/aromatic N) is 2. The first-order valence-electron chi connectivity index (χ1n) is 12.9. The Labute approximate surface area is 224 Å². The molecule has 1 amide bonds. The number of allylic oxidation sites excluding steroid dienone is 1. The minimum Gasteiger partial charge on any atom is -0.493 e. The third-order valence-electron chi connectivity index (χ3n) is 6.38. The fourth-order valence-corrected chi connectivity index (χ4v) is 4.46. The summed E-state index contributed by atoms with van der Waals surface area (Å²) in [5.41, 5.74) is 3.74. The molecule has 0 atom stereocenters. The van der Waals surface area contributed by atoms with E-state index in [0.29, 0.717) is 36.6 Å². The first-order valence-corrected chi connectivity index (χ1v) is 12.9. The molecular weight excluding hydrogens is 478 g/mol. The lowest BCUT2D eigenvalue weighted by molar-refractivity contribution is 0.0953. The molecule has 0 unspecified atom stereocenters. The van der Waals surface area contributed by atoms with Gasteiger partial charge in [0.1, 0.15) is 11.6 Å². The van der Waals surface area contributed by atoms with Gasteiger partial charge in [0.25, 0.3) is 5.91 Å². The van der Waals surface area contributed by atoms with Crippen molar-refractivity contribution >= 4 is 16.9 Å². The molecule has 4 rings (SSSR count). The van der Waals surface area contributed by atoms with Crippen LogP contribution in [-0.2, 0) is 19.4 Å². The molecule has 1 heterocycles. The standard InChI is InChI=1S/C31H35N3O4/c1-4-11-23-12-5-8-15-27(23)38-21-10-9-20-34-26-14-7-6-13-25(26)33-30(34)18-19-32-31(35)24-16-17-28(36-2)29(22-24)37-3/h4-8,12-17,22H,1,9-11,18-21H2,2-3H3,(H,32,35). The summed E-state index contributed by atoms with van der Waals surface area (Å²) in [6.07, 6.45) is 5.19. The average molecular weight is 514 g/mol. The van der Waals surface area contributed by atoms with Crippen LogP contribution in [0.1, 0.15) is 34.6 Å². The first kappa shape index (κ1) is 26.8. The van der Waals surface area contributed by atoms with Gasteiger partial charge < -0.3 is 24.1 Å². The average Bonchev–Trinajstić information content (AvgIpc) is 3.30. The molecule has 0 bridgehead atoms. The zero-order valence-corrected chi connectivity index (χ0v) is 22.1. The van der Waals surface area contributed by atoms with Crippen molar-refractivity contribution in [3.63, 3.8) is 0 Å². The Kier molecular flexibility index (Phi) is 9.40. The van der Waals surface area contributed by atoms with Crippen LogP contribution in [0, 0.1) is 0 Å². The summed E-state index contributed by atoms with van der Waals surface area (Å²) in [6.45, 7) is 5.78.